The summed E-state index contributed by atoms with van der Waals surface area (Å²) in [4.78, 5) is 24.4. The first-order valence-electron chi connectivity index (χ1n) is 8.37. The van der Waals surface area contributed by atoms with Crippen molar-refractivity contribution in [1.29, 1.82) is 0 Å². The van der Waals surface area contributed by atoms with Crippen LogP contribution < -0.4 is 10.2 Å². The van der Waals surface area contributed by atoms with E-state index in [0.717, 1.165) is 48.5 Å². The molecule has 25 heavy (non-hydrogen) atoms. The van der Waals surface area contributed by atoms with Crippen LogP contribution in [0.15, 0.2) is 48.9 Å². The molecule has 1 unspecified atom stereocenters. The Labute approximate surface area is 146 Å². The van der Waals surface area contributed by atoms with E-state index < -0.39 is 0 Å². The van der Waals surface area contributed by atoms with Crippen molar-refractivity contribution >= 4 is 17.6 Å². The summed E-state index contributed by atoms with van der Waals surface area (Å²) in [5.74, 6) is 3.00. The number of nitrogens with zero attached hydrogens (tertiary/aromatic N) is 6. The molecule has 1 fully saturated rings. The molecule has 3 aromatic rings. The maximum Gasteiger partial charge on any atom is 0.225 e. The zero-order valence-corrected chi connectivity index (χ0v) is 14.0. The van der Waals surface area contributed by atoms with E-state index in [2.05, 4.69) is 35.1 Å². The lowest BCUT2D eigenvalue weighted by atomic mass is 10.1. The molecule has 1 atom stereocenters. The third kappa shape index (κ3) is 3.40. The standard InChI is InChI=1S/C18H19N7/c1-13-22-14(12-17(23-13)24-16-7-2-3-8-19-16)15-6-4-11-25(15)18-20-9-5-10-21-18/h2-3,5,7-10,12,15H,4,6,11H2,1H3,(H,19,22,23,24). The molecule has 3 aromatic heterocycles. The van der Waals surface area contributed by atoms with Crippen LogP contribution in [0.4, 0.5) is 17.6 Å². The van der Waals surface area contributed by atoms with Gasteiger partial charge in [-0.1, -0.05) is 6.07 Å². The lowest BCUT2D eigenvalue weighted by Crippen LogP contribution is -2.25. The fourth-order valence-electron chi connectivity index (χ4n) is 3.15. The van der Waals surface area contributed by atoms with Gasteiger partial charge in [-0.3, -0.25) is 0 Å². The Morgan fingerprint density at radius 3 is 2.64 bits per heavy atom. The molecule has 7 heteroatoms. The number of aryl methyl sites for hydroxylation is 1. The van der Waals surface area contributed by atoms with Gasteiger partial charge < -0.3 is 10.2 Å². The molecule has 0 radical (unpaired) electrons. The first-order valence-corrected chi connectivity index (χ1v) is 8.37. The summed E-state index contributed by atoms with van der Waals surface area (Å²) in [6.45, 7) is 2.84. The van der Waals surface area contributed by atoms with E-state index in [-0.39, 0.29) is 6.04 Å². The quantitative estimate of drug-likeness (QED) is 0.786. The molecule has 0 aliphatic carbocycles. The SMILES string of the molecule is Cc1nc(Nc2ccccn2)cc(C2CCCN2c2ncccn2)n1. The summed E-state index contributed by atoms with van der Waals surface area (Å²) in [5, 5.41) is 3.25. The Balaban J connectivity index is 1.63. The average molecular weight is 333 g/mol. The maximum atomic E-state index is 4.66. The summed E-state index contributed by atoms with van der Waals surface area (Å²) in [6.07, 6.45) is 7.42. The molecule has 1 N–H and O–H groups in total. The van der Waals surface area contributed by atoms with Gasteiger partial charge >= 0.3 is 0 Å². The minimum Gasteiger partial charge on any atom is -0.332 e. The van der Waals surface area contributed by atoms with Gasteiger partial charge in [-0.25, -0.2) is 24.9 Å². The fraction of sp³-hybridized carbons (Fsp3) is 0.278. The van der Waals surface area contributed by atoms with Crippen molar-refractivity contribution in [2.45, 2.75) is 25.8 Å². The molecule has 126 valence electrons. The highest BCUT2D eigenvalue weighted by Crippen LogP contribution is 2.34. The Morgan fingerprint density at radius 1 is 1.00 bits per heavy atom. The van der Waals surface area contributed by atoms with Gasteiger partial charge in [-0.05, 0) is 38.0 Å². The van der Waals surface area contributed by atoms with Crippen LogP contribution in [0.1, 0.15) is 30.4 Å². The van der Waals surface area contributed by atoms with Crippen LogP contribution in [0.3, 0.4) is 0 Å². The largest absolute Gasteiger partial charge is 0.332 e. The van der Waals surface area contributed by atoms with E-state index in [4.69, 9.17) is 0 Å². The van der Waals surface area contributed by atoms with Crippen molar-refractivity contribution in [2.24, 2.45) is 0 Å². The smallest absolute Gasteiger partial charge is 0.225 e. The number of anilines is 3. The van der Waals surface area contributed by atoms with E-state index in [1.54, 1.807) is 18.6 Å². The van der Waals surface area contributed by atoms with Gasteiger partial charge in [-0.2, -0.15) is 0 Å². The van der Waals surface area contributed by atoms with Crippen LogP contribution in [-0.4, -0.2) is 31.5 Å². The number of pyridine rings is 1. The lowest BCUT2D eigenvalue weighted by molar-refractivity contribution is 0.673. The molecule has 0 bridgehead atoms. The van der Waals surface area contributed by atoms with Crippen LogP contribution in [0.2, 0.25) is 0 Å². The van der Waals surface area contributed by atoms with Crippen molar-refractivity contribution in [3.8, 4) is 0 Å². The molecule has 0 aromatic carbocycles. The Morgan fingerprint density at radius 2 is 1.84 bits per heavy atom. The second-order valence-electron chi connectivity index (χ2n) is 5.97. The number of nitrogens with one attached hydrogen (secondary N) is 1. The zero-order valence-electron chi connectivity index (χ0n) is 14.0. The molecule has 1 aliphatic heterocycles. The highest BCUT2D eigenvalue weighted by atomic mass is 15.3. The lowest BCUT2D eigenvalue weighted by Gasteiger charge is -2.24. The van der Waals surface area contributed by atoms with Crippen LogP contribution >= 0.6 is 0 Å². The monoisotopic (exact) mass is 333 g/mol. The van der Waals surface area contributed by atoms with Crippen molar-refractivity contribution in [2.75, 3.05) is 16.8 Å². The predicted octanol–water partition coefficient (Wildman–Crippen LogP) is 3.06. The predicted molar refractivity (Wildman–Crippen MR) is 95.6 cm³/mol. The van der Waals surface area contributed by atoms with Crippen LogP contribution in [0.25, 0.3) is 0 Å². The zero-order chi connectivity index (χ0) is 17.1. The van der Waals surface area contributed by atoms with Crippen molar-refractivity contribution in [1.82, 2.24) is 24.9 Å². The van der Waals surface area contributed by atoms with Gasteiger partial charge in [-0.15, -0.1) is 0 Å². The van der Waals surface area contributed by atoms with Gasteiger partial charge in [0, 0.05) is 31.2 Å². The minimum atomic E-state index is 0.161. The van der Waals surface area contributed by atoms with Crippen molar-refractivity contribution in [3.05, 3.63) is 60.4 Å². The fourth-order valence-corrected chi connectivity index (χ4v) is 3.15. The second-order valence-corrected chi connectivity index (χ2v) is 5.97. The van der Waals surface area contributed by atoms with Gasteiger partial charge in [0.2, 0.25) is 5.95 Å². The molecular formula is C18H19N7. The highest BCUT2D eigenvalue weighted by molar-refractivity contribution is 5.52. The number of hydrogen-bond donors (Lipinski definition) is 1. The van der Waals surface area contributed by atoms with E-state index in [1.807, 2.05) is 37.3 Å². The van der Waals surface area contributed by atoms with E-state index in [0.29, 0.717) is 0 Å². The molecule has 4 rings (SSSR count). The number of aromatic nitrogens is 5. The normalized spacial score (nSPS) is 16.8. The van der Waals surface area contributed by atoms with Gasteiger partial charge in [0.1, 0.15) is 17.5 Å². The maximum absolute atomic E-state index is 4.66. The second kappa shape index (κ2) is 6.80. The summed E-state index contributed by atoms with van der Waals surface area (Å²) in [7, 11) is 0. The molecule has 0 spiro atoms. The van der Waals surface area contributed by atoms with E-state index >= 15 is 0 Å². The minimum absolute atomic E-state index is 0.161. The summed E-state index contributed by atoms with van der Waals surface area (Å²) >= 11 is 0. The molecule has 7 nitrogen and oxygen atoms in total. The number of rotatable bonds is 4. The van der Waals surface area contributed by atoms with Gasteiger partial charge in [0.15, 0.2) is 0 Å². The molecule has 0 amide bonds. The first-order chi connectivity index (χ1) is 12.3. The summed E-state index contributed by atoms with van der Waals surface area (Å²) in [5.41, 5.74) is 0.982. The Hall–Kier alpha value is -3.09. The third-order valence-electron chi connectivity index (χ3n) is 4.18. The summed E-state index contributed by atoms with van der Waals surface area (Å²) < 4.78 is 0. The Bertz CT molecular complexity index is 839. The molecule has 1 saturated heterocycles. The number of hydrogen-bond acceptors (Lipinski definition) is 7. The average Bonchev–Trinajstić information content (AvgIpc) is 3.13. The Kier molecular flexibility index (Phi) is 4.20. The molecule has 4 heterocycles. The molecular weight excluding hydrogens is 314 g/mol. The highest BCUT2D eigenvalue weighted by Gasteiger charge is 2.29. The summed E-state index contributed by atoms with van der Waals surface area (Å²) in [6, 6.07) is 9.73. The van der Waals surface area contributed by atoms with Crippen molar-refractivity contribution in [3.63, 3.8) is 0 Å². The first kappa shape index (κ1) is 15.4. The van der Waals surface area contributed by atoms with E-state index in [1.165, 1.54) is 0 Å². The van der Waals surface area contributed by atoms with Gasteiger partial charge in [0.05, 0.1) is 11.7 Å². The van der Waals surface area contributed by atoms with Crippen molar-refractivity contribution < 1.29 is 0 Å². The molecule has 0 saturated carbocycles. The van der Waals surface area contributed by atoms with Gasteiger partial charge in [0.25, 0.3) is 0 Å². The van der Waals surface area contributed by atoms with E-state index in [9.17, 15) is 0 Å². The third-order valence-corrected chi connectivity index (χ3v) is 4.18. The van der Waals surface area contributed by atoms with Crippen LogP contribution in [-0.2, 0) is 0 Å². The topological polar surface area (TPSA) is 79.7 Å². The van der Waals surface area contributed by atoms with Crippen LogP contribution in [0, 0.1) is 6.92 Å². The molecule has 1 aliphatic rings. The van der Waals surface area contributed by atoms with Crippen LogP contribution in [0.5, 0.6) is 0 Å².